The summed E-state index contributed by atoms with van der Waals surface area (Å²) < 4.78 is 26.3. The first-order valence-corrected chi connectivity index (χ1v) is 7.53. The molecular formula is C16H24F2N2. The zero-order valence-electron chi connectivity index (χ0n) is 12.1. The van der Waals surface area contributed by atoms with Gasteiger partial charge in [-0.2, -0.15) is 0 Å². The Balaban J connectivity index is 2.09. The molecule has 2 N–H and O–H groups in total. The Morgan fingerprint density at radius 2 is 1.95 bits per heavy atom. The lowest BCUT2D eigenvalue weighted by molar-refractivity contribution is 0.105. The molecular weight excluding hydrogens is 258 g/mol. The van der Waals surface area contributed by atoms with Crippen LogP contribution < -0.4 is 5.73 Å². The lowest BCUT2D eigenvalue weighted by Crippen LogP contribution is -2.44. The van der Waals surface area contributed by atoms with Gasteiger partial charge >= 0.3 is 0 Å². The van der Waals surface area contributed by atoms with Crippen molar-refractivity contribution >= 4 is 0 Å². The molecule has 2 atom stereocenters. The molecule has 0 aromatic heterocycles. The lowest BCUT2D eigenvalue weighted by atomic mass is 9.83. The summed E-state index contributed by atoms with van der Waals surface area (Å²) in [5, 5.41) is 0. The Morgan fingerprint density at radius 1 is 1.20 bits per heavy atom. The number of nitrogens with zero attached hydrogens (tertiary/aromatic N) is 1. The van der Waals surface area contributed by atoms with Crippen LogP contribution in [0.4, 0.5) is 8.78 Å². The van der Waals surface area contributed by atoms with Crippen LogP contribution in [0.2, 0.25) is 0 Å². The highest BCUT2D eigenvalue weighted by Crippen LogP contribution is 2.29. The van der Waals surface area contributed by atoms with Gasteiger partial charge in [-0.3, -0.25) is 4.90 Å². The van der Waals surface area contributed by atoms with Gasteiger partial charge in [-0.05, 0) is 49.5 Å². The fourth-order valence-corrected chi connectivity index (χ4v) is 3.28. The first-order chi connectivity index (χ1) is 9.65. The average Bonchev–Trinajstić information content (AvgIpc) is 2.48. The van der Waals surface area contributed by atoms with Crippen LogP contribution in [0.1, 0.15) is 38.2 Å². The number of halogens is 2. The van der Waals surface area contributed by atoms with E-state index in [1.807, 2.05) is 0 Å². The summed E-state index contributed by atoms with van der Waals surface area (Å²) in [7, 11) is 0. The molecule has 0 amide bonds. The third-order valence-corrected chi connectivity index (χ3v) is 4.42. The van der Waals surface area contributed by atoms with Gasteiger partial charge in [0.2, 0.25) is 0 Å². The van der Waals surface area contributed by atoms with Gasteiger partial charge in [0.25, 0.3) is 0 Å². The zero-order valence-corrected chi connectivity index (χ0v) is 12.1. The maximum Gasteiger partial charge on any atom is 0.159 e. The summed E-state index contributed by atoms with van der Waals surface area (Å²) in [6.45, 7) is 4.38. The largest absolute Gasteiger partial charge is 0.330 e. The normalized spacial score (nSPS) is 23.2. The second kappa shape index (κ2) is 7.14. The van der Waals surface area contributed by atoms with E-state index in [1.165, 1.54) is 31.4 Å². The minimum absolute atomic E-state index is 0.465. The standard InChI is InChI=1S/C16H24F2N2/c1-2-20(16-6-4-3-5-13(16)10-19)11-12-7-8-14(17)15(18)9-12/h7-9,13,16H,2-6,10-11,19H2,1H3. The lowest BCUT2D eigenvalue weighted by Gasteiger charge is -2.39. The Labute approximate surface area is 120 Å². The first-order valence-electron chi connectivity index (χ1n) is 7.53. The van der Waals surface area contributed by atoms with Gasteiger partial charge in [0.15, 0.2) is 11.6 Å². The summed E-state index contributed by atoms with van der Waals surface area (Å²) in [4.78, 5) is 2.35. The van der Waals surface area contributed by atoms with E-state index in [9.17, 15) is 8.78 Å². The molecule has 2 rings (SSSR count). The maximum atomic E-state index is 13.3. The van der Waals surface area contributed by atoms with Crippen molar-refractivity contribution in [3.8, 4) is 0 Å². The smallest absolute Gasteiger partial charge is 0.159 e. The van der Waals surface area contributed by atoms with Gasteiger partial charge in [0.05, 0.1) is 0 Å². The van der Waals surface area contributed by atoms with Crippen LogP contribution >= 0.6 is 0 Å². The third kappa shape index (κ3) is 3.55. The number of rotatable bonds is 5. The van der Waals surface area contributed by atoms with Crippen LogP contribution in [0.15, 0.2) is 18.2 Å². The number of nitrogens with two attached hydrogens (primary N) is 1. The predicted molar refractivity (Wildman–Crippen MR) is 77.2 cm³/mol. The van der Waals surface area contributed by atoms with Crippen LogP contribution in [0, 0.1) is 17.6 Å². The van der Waals surface area contributed by atoms with Gasteiger partial charge in [0, 0.05) is 12.6 Å². The van der Waals surface area contributed by atoms with E-state index in [0.717, 1.165) is 18.5 Å². The van der Waals surface area contributed by atoms with Gasteiger partial charge in [-0.15, -0.1) is 0 Å². The van der Waals surface area contributed by atoms with E-state index in [1.54, 1.807) is 6.07 Å². The minimum Gasteiger partial charge on any atom is -0.330 e. The molecule has 0 saturated heterocycles. The van der Waals surface area contributed by atoms with E-state index in [-0.39, 0.29) is 0 Å². The molecule has 1 aromatic carbocycles. The fourth-order valence-electron chi connectivity index (χ4n) is 3.28. The van der Waals surface area contributed by atoms with Crippen molar-refractivity contribution < 1.29 is 8.78 Å². The highest BCUT2D eigenvalue weighted by atomic mass is 19.2. The molecule has 20 heavy (non-hydrogen) atoms. The van der Waals surface area contributed by atoms with Gasteiger partial charge < -0.3 is 5.73 Å². The van der Waals surface area contributed by atoms with Crippen molar-refractivity contribution in [1.82, 2.24) is 4.90 Å². The third-order valence-electron chi connectivity index (χ3n) is 4.42. The monoisotopic (exact) mass is 282 g/mol. The van der Waals surface area contributed by atoms with E-state index in [0.29, 0.717) is 25.0 Å². The van der Waals surface area contributed by atoms with Crippen molar-refractivity contribution in [2.45, 2.75) is 45.2 Å². The Morgan fingerprint density at radius 3 is 2.60 bits per heavy atom. The average molecular weight is 282 g/mol. The number of hydrogen-bond acceptors (Lipinski definition) is 2. The molecule has 1 saturated carbocycles. The topological polar surface area (TPSA) is 29.3 Å². The molecule has 2 nitrogen and oxygen atoms in total. The van der Waals surface area contributed by atoms with Crippen molar-refractivity contribution in [3.63, 3.8) is 0 Å². The highest BCUT2D eigenvalue weighted by Gasteiger charge is 2.28. The zero-order chi connectivity index (χ0) is 14.5. The highest BCUT2D eigenvalue weighted by molar-refractivity contribution is 5.17. The van der Waals surface area contributed by atoms with E-state index >= 15 is 0 Å². The van der Waals surface area contributed by atoms with Crippen LogP contribution in [0.5, 0.6) is 0 Å². The summed E-state index contributed by atoms with van der Waals surface area (Å²) in [6, 6.07) is 4.64. The summed E-state index contributed by atoms with van der Waals surface area (Å²) in [6.07, 6.45) is 4.81. The Kier molecular flexibility index (Phi) is 5.49. The van der Waals surface area contributed by atoms with Gasteiger partial charge in [-0.25, -0.2) is 8.78 Å². The molecule has 1 fully saturated rings. The molecule has 1 aliphatic rings. The number of benzene rings is 1. The van der Waals surface area contributed by atoms with Crippen LogP contribution in [0.25, 0.3) is 0 Å². The van der Waals surface area contributed by atoms with E-state index < -0.39 is 11.6 Å². The molecule has 0 spiro atoms. The molecule has 4 heteroatoms. The van der Waals surface area contributed by atoms with E-state index in [2.05, 4.69) is 11.8 Å². The second-order valence-corrected chi connectivity index (χ2v) is 5.66. The van der Waals surface area contributed by atoms with Crippen molar-refractivity contribution in [2.24, 2.45) is 11.7 Å². The van der Waals surface area contributed by atoms with Crippen LogP contribution in [0.3, 0.4) is 0 Å². The van der Waals surface area contributed by atoms with Gasteiger partial charge in [0.1, 0.15) is 0 Å². The fraction of sp³-hybridized carbons (Fsp3) is 0.625. The van der Waals surface area contributed by atoms with Crippen LogP contribution in [-0.2, 0) is 6.54 Å². The molecule has 1 aliphatic carbocycles. The quantitative estimate of drug-likeness (QED) is 0.898. The predicted octanol–water partition coefficient (Wildman–Crippen LogP) is 3.30. The van der Waals surface area contributed by atoms with Crippen molar-refractivity contribution in [1.29, 1.82) is 0 Å². The molecule has 0 aliphatic heterocycles. The molecule has 0 heterocycles. The summed E-state index contributed by atoms with van der Waals surface area (Å²) in [5.74, 6) is -1.03. The molecule has 1 aromatic rings. The van der Waals surface area contributed by atoms with Crippen molar-refractivity contribution in [2.75, 3.05) is 13.1 Å². The summed E-state index contributed by atoms with van der Waals surface area (Å²) in [5.41, 5.74) is 6.71. The second-order valence-electron chi connectivity index (χ2n) is 5.66. The molecule has 0 bridgehead atoms. The molecule has 2 unspecified atom stereocenters. The SMILES string of the molecule is CCN(Cc1ccc(F)c(F)c1)C1CCCCC1CN. The minimum atomic E-state index is -0.783. The molecule has 0 radical (unpaired) electrons. The summed E-state index contributed by atoms with van der Waals surface area (Å²) >= 11 is 0. The van der Waals surface area contributed by atoms with E-state index in [4.69, 9.17) is 5.73 Å². The number of hydrogen-bond donors (Lipinski definition) is 1. The first kappa shape index (κ1) is 15.4. The van der Waals surface area contributed by atoms with Crippen molar-refractivity contribution in [3.05, 3.63) is 35.4 Å². The van der Waals surface area contributed by atoms with Gasteiger partial charge in [-0.1, -0.05) is 25.8 Å². The van der Waals surface area contributed by atoms with Crippen LogP contribution in [-0.4, -0.2) is 24.0 Å². The Hall–Kier alpha value is -1.00. The maximum absolute atomic E-state index is 13.3. The molecule has 112 valence electrons. The Bertz CT molecular complexity index is 436.